The van der Waals surface area contributed by atoms with Crippen molar-refractivity contribution in [2.75, 3.05) is 19.6 Å². The van der Waals surface area contributed by atoms with Gasteiger partial charge in [0, 0.05) is 30.8 Å². The molecule has 126 valence electrons. The predicted molar refractivity (Wildman–Crippen MR) is 79.3 cm³/mol. The van der Waals surface area contributed by atoms with Crippen LogP contribution < -0.4 is 10.0 Å². The highest BCUT2D eigenvalue weighted by molar-refractivity contribution is 5.90. The van der Waals surface area contributed by atoms with Gasteiger partial charge in [-0.05, 0) is 13.8 Å². The second-order valence-corrected chi connectivity index (χ2v) is 7.73. The maximum atomic E-state index is 12.9. The molecular formula is C17H24N2O4. The summed E-state index contributed by atoms with van der Waals surface area (Å²) in [5.41, 5.74) is -0.728. The van der Waals surface area contributed by atoms with Crippen LogP contribution in [0.1, 0.15) is 26.7 Å². The maximum Gasteiger partial charge on any atom is 0.230 e. The van der Waals surface area contributed by atoms with E-state index in [9.17, 15) is 14.7 Å². The van der Waals surface area contributed by atoms with Gasteiger partial charge in [-0.15, -0.1) is 0 Å². The summed E-state index contributed by atoms with van der Waals surface area (Å²) in [5.74, 6) is -2.65. The number of hydrogen-bond acceptors (Lipinski definition) is 4. The van der Waals surface area contributed by atoms with Gasteiger partial charge in [0.25, 0.3) is 0 Å². The number of amides is 1. The molecule has 1 spiro atoms. The second-order valence-electron chi connectivity index (χ2n) is 7.73. The number of nitrogens with zero attached hydrogens (tertiary/aromatic N) is 1. The van der Waals surface area contributed by atoms with E-state index in [0.717, 1.165) is 25.9 Å². The van der Waals surface area contributed by atoms with Crippen LogP contribution in [0, 0.1) is 11.8 Å². The van der Waals surface area contributed by atoms with Crippen LogP contribution in [0.5, 0.6) is 0 Å². The van der Waals surface area contributed by atoms with Crippen molar-refractivity contribution in [1.29, 1.82) is 0 Å². The Morgan fingerprint density at radius 2 is 2.13 bits per heavy atom. The van der Waals surface area contributed by atoms with Crippen LogP contribution in [0.3, 0.4) is 0 Å². The quantitative estimate of drug-likeness (QED) is 0.609. The van der Waals surface area contributed by atoms with Crippen molar-refractivity contribution in [3.05, 3.63) is 12.2 Å². The Morgan fingerprint density at radius 1 is 1.43 bits per heavy atom. The lowest BCUT2D eigenvalue weighted by Crippen LogP contribution is -3.16. The average molecular weight is 320 g/mol. The van der Waals surface area contributed by atoms with Crippen LogP contribution in [0.25, 0.3) is 0 Å². The fourth-order valence-electron chi connectivity index (χ4n) is 4.97. The molecule has 3 fully saturated rings. The van der Waals surface area contributed by atoms with Gasteiger partial charge in [0.05, 0.1) is 37.7 Å². The molecule has 4 atom stereocenters. The number of quaternary nitrogens is 1. The van der Waals surface area contributed by atoms with Crippen molar-refractivity contribution in [3.8, 4) is 0 Å². The number of fused-ring (bicyclic) bond motifs is 1. The normalized spacial score (nSPS) is 45.1. The van der Waals surface area contributed by atoms with E-state index in [4.69, 9.17) is 4.74 Å². The summed E-state index contributed by atoms with van der Waals surface area (Å²) in [7, 11) is 0. The number of nitrogens with one attached hydrogen (secondary N) is 1. The molecule has 23 heavy (non-hydrogen) atoms. The van der Waals surface area contributed by atoms with Gasteiger partial charge in [-0.3, -0.25) is 4.79 Å². The topological polar surface area (TPSA) is 74.1 Å². The van der Waals surface area contributed by atoms with Gasteiger partial charge in [-0.2, -0.15) is 0 Å². The Morgan fingerprint density at radius 3 is 2.74 bits per heavy atom. The van der Waals surface area contributed by atoms with Crippen LogP contribution in [0.15, 0.2) is 12.2 Å². The van der Waals surface area contributed by atoms with E-state index in [1.54, 1.807) is 11.0 Å². The number of carboxylic acid groups (broad SMARTS) is 1. The molecule has 4 aliphatic rings. The van der Waals surface area contributed by atoms with E-state index in [-0.39, 0.29) is 11.9 Å². The summed E-state index contributed by atoms with van der Waals surface area (Å²) in [5, 5.41) is 11.5. The SMILES string of the molecule is CC(C)[NH+]1CCC(N2C[C@@]34C=C[C@@H](O3)[C@H](C(=O)[O-])[C@H]4C2=O)CC1. The zero-order chi connectivity index (χ0) is 16.4. The first kappa shape index (κ1) is 15.1. The van der Waals surface area contributed by atoms with Gasteiger partial charge in [-0.1, -0.05) is 12.2 Å². The zero-order valence-corrected chi connectivity index (χ0v) is 13.7. The average Bonchev–Trinajstić information content (AvgIpc) is 3.15. The molecule has 0 aromatic carbocycles. The van der Waals surface area contributed by atoms with E-state index in [1.165, 1.54) is 0 Å². The number of ether oxygens (including phenoxy) is 1. The minimum Gasteiger partial charge on any atom is -0.550 e. The lowest BCUT2D eigenvalue weighted by Gasteiger charge is -2.37. The molecule has 4 rings (SSSR count). The molecule has 0 saturated carbocycles. The Kier molecular flexibility index (Phi) is 3.32. The van der Waals surface area contributed by atoms with Gasteiger partial charge in [0.15, 0.2) is 0 Å². The third kappa shape index (κ3) is 2.08. The molecule has 3 saturated heterocycles. The number of rotatable bonds is 3. The van der Waals surface area contributed by atoms with Crippen molar-refractivity contribution >= 4 is 11.9 Å². The van der Waals surface area contributed by atoms with E-state index in [2.05, 4.69) is 13.8 Å². The number of carbonyl (C=O) groups is 2. The van der Waals surface area contributed by atoms with Crippen molar-refractivity contribution in [3.63, 3.8) is 0 Å². The molecule has 0 aromatic heterocycles. The first-order chi connectivity index (χ1) is 10.9. The lowest BCUT2D eigenvalue weighted by atomic mass is 9.77. The van der Waals surface area contributed by atoms with Gasteiger partial charge in [-0.25, -0.2) is 0 Å². The monoisotopic (exact) mass is 320 g/mol. The minimum atomic E-state index is -1.17. The van der Waals surface area contributed by atoms with Crippen LogP contribution in [0.4, 0.5) is 0 Å². The fourth-order valence-corrected chi connectivity index (χ4v) is 4.97. The summed E-state index contributed by atoms with van der Waals surface area (Å²) in [6.07, 6.45) is 5.16. The van der Waals surface area contributed by atoms with Gasteiger partial charge >= 0.3 is 0 Å². The summed E-state index contributed by atoms with van der Waals surface area (Å²) >= 11 is 0. The summed E-state index contributed by atoms with van der Waals surface area (Å²) in [6, 6.07) is 0.816. The Bertz CT molecular complexity index is 567. The Labute approximate surface area is 136 Å². The largest absolute Gasteiger partial charge is 0.550 e. The van der Waals surface area contributed by atoms with E-state index in [0.29, 0.717) is 12.6 Å². The highest BCUT2D eigenvalue weighted by Gasteiger charge is 2.66. The lowest BCUT2D eigenvalue weighted by molar-refractivity contribution is -0.926. The van der Waals surface area contributed by atoms with Crippen LogP contribution >= 0.6 is 0 Å². The number of aliphatic carboxylic acids is 1. The molecule has 1 N–H and O–H groups in total. The third-order valence-electron chi connectivity index (χ3n) is 6.26. The molecule has 0 radical (unpaired) electrons. The van der Waals surface area contributed by atoms with E-state index < -0.39 is 29.5 Å². The third-order valence-corrected chi connectivity index (χ3v) is 6.26. The minimum absolute atomic E-state index is 0.0518. The van der Waals surface area contributed by atoms with Crippen molar-refractivity contribution < 1.29 is 24.3 Å². The number of carbonyl (C=O) groups excluding carboxylic acids is 2. The molecule has 6 nitrogen and oxygen atoms in total. The first-order valence-corrected chi connectivity index (χ1v) is 8.66. The molecule has 2 bridgehead atoms. The van der Waals surface area contributed by atoms with Crippen molar-refractivity contribution in [1.82, 2.24) is 4.90 Å². The number of piperidine rings is 1. The molecule has 4 aliphatic heterocycles. The molecular weight excluding hydrogens is 296 g/mol. The predicted octanol–water partition coefficient (Wildman–Crippen LogP) is -2.03. The zero-order valence-electron chi connectivity index (χ0n) is 13.7. The molecule has 0 aliphatic carbocycles. The Hall–Kier alpha value is -1.40. The first-order valence-electron chi connectivity index (χ1n) is 8.66. The number of hydrogen-bond donors (Lipinski definition) is 1. The number of carboxylic acids is 1. The summed E-state index contributed by atoms with van der Waals surface area (Å²) < 4.78 is 5.91. The molecule has 1 amide bonds. The van der Waals surface area contributed by atoms with Gasteiger partial charge < -0.3 is 24.4 Å². The molecule has 0 aromatic rings. The van der Waals surface area contributed by atoms with Crippen molar-refractivity contribution in [2.45, 2.75) is 50.5 Å². The molecule has 4 heterocycles. The highest BCUT2D eigenvalue weighted by Crippen LogP contribution is 2.52. The van der Waals surface area contributed by atoms with Crippen LogP contribution in [-0.4, -0.2) is 60.2 Å². The molecule has 0 unspecified atom stereocenters. The smallest absolute Gasteiger partial charge is 0.230 e. The summed E-state index contributed by atoms with van der Waals surface area (Å²) in [6.45, 7) is 7.07. The van der Waals surface area contributed by atoms with Crippen LogP contribution in [0.2, 0.25) is 0 Å². The molecule has 6 heteroatoms. The van der Waals surface area contributed by atoms with Crippen LogP contribution in [-0.2, 0) is 14.3 Å². The number of likely N-dealkylation sites (tertiary alicyclic amines) is 2. The second kappa shape index (κ2) is 5.05. The van der Waals surface area contributed by atoms with E-state index in [1.807, 2.05) is 11.0 Å². The fraction of sp³-hybridized carbons (Fsp3) is 0.765. The standard InChI is InChI=1S/C17H24N2O4/c1-10(2)18-7-4-11(5-8-18)19-9-17-6-3-12(23-17)13(16(21)22)14(17)15(19)20/h3,6,10-14H,4-5,7-9H2,1-2H3,(H,21,22)/t12-,13+,14+,17-/m1/s1. The van der Waals surface area contributed by atoms with Crippen molar-refractivity contribution in [2.24, 2.45) is 11.8 Å². The van der Waals surface area contributed by atoms with Gasteiger partial charge in [0.2, 0.25) is 5.91 Å². The summed E-state index contributed by atoms with van der Waals surface area (Å²) in [4.78, 5) is 27.9. The maximum absolute atomic E-state index is 12.9. The van der Waals surface area contributed by atoms with Gasteiger partial charge in [0.1, 0.15) is 5.60 Å². The highest BCUT2D eigenvalue weighted by atomic mass is 16.5. The Balaban J connectivity index is 1.52. The van der Waals surface area contributed by atoms with E-state index >= 15 is 0 Å².